The van der Waals surface area contributed by atoms with E-state index in [2.05, 4.69) is 0 Å². The molecule has 0 aliphatic heterocycles. The second-order valence-corrected chi connectivity index (χ2v) is 6.50. The van der Waals surface area contributed by atoms with Crippen LogP contribution in [0.3, 0.4) is 0 Å². The van der Waals surface area contributed by atoms with Gasteiger partial charge in [-0.1, -0.05) is 50.1 Å². The van der Waals surface area contributed by atoms with Crippen LogP contribution in [-0.2, 0) is 0 Å². The molecule has 2 rings (SSSR count). The molecule has 1 unspecified atom stereocenters. The summed E-state index contributed by atoms with van der Waals surface area (Å²) in [4.78, 5) is 1.02. The van der Waals surface area contributed by atoms with Gasteiger partial charge < -0.3 is 5.11 Å². The lowest BCUT2D eigenvalue weighted by Gasteiger charge is -2.17. The van der Waals surface area contributed by atoms with Crippen LogP contribution in [0, 0.1) is 5.92 Å². The number of thiophene rings is 1. The summed E-state index contributed by atoms with van der Waals surface area (Å²) in [6, 6.07) is 3.83. The molecule has 1 fully saturated rings. The van der Waals surface area contributed by atoms with E-state index in [1.54, 1.807) is 0 Å². The Kier molecular flexibility index (Phi) is 4.68. The second-order valence-electron chi connectivity index (χ2n) is 4.75. The molecule has 1 aromatic rings. The number of halogens is 1. The first-order chi connectivity index (χ1) is 7.75. The standard InChI is InChI=1S/C13H19ClOS/c14-13-8-7-12(16-13)11(15)9-10-5-3-1-2-4-6-10/h7-8,10-11,15H,1-6,9H2. The molecule has 1 aliphatic rings. The molecule has 0 saturated heterocycles. The van der Waals surface area contributed by atoms with Crippen molar-refractivity contribution in [2.75, 3.05) is 0 Å². The summed E-state index contributed by atoms with van der Waals surface area (Å²) >= 11 is 7.39. The summed E-state index contributed by atoms with van der Waals surface area (Å²) in [5.41, 5.74) is 0. The van der Waals surface area contributed by atoms with Crippen LogP contribution in [0.1, 0.15) is 55.9 Å². The summed E-state index contributed by atoms with van der Waals surface area (Å²) in [5.74, 6) is 0.707. The SMILES string of the molecule is OC(CC1CCCCCC1)c1ccc(Cl)s1. The second kappa shape index (κ2) is 6.04. The Bertz CT molecular complexity index is 315. The lowest BCUT2D eigenvalue weighted by molar-refractivity contribution is 0.142. The zero-order valence-electron chi connectivity index (χ0n) is 9.49. The highest BCUT2D eigenvalue weighted by molar-refractivity contribution is 7.16. The molecule has 0 aromatic carbocycles. The average molecular weight is 259 g/mol. The minimum atomic E-state index is -0.305. The van der Waals surface area contributed by atoms with Crippen molar-refractivity contribution < 1.29 is 5.11 Å². The zero-order chi connectivity index (χ0) is 11.4. The molecule has 1 nitrogen and oxygen atoms in total. The monoisotopic (exact) mass is 258 g/mol. The first-order valence-corrected chi connectivity index (χ1v) is 7.38. The van der Waals surface area contributed by atoms with Gasteiger partial charge in [0.15, 0.2) is 0 Å². The van der Waals surface area contributed by atoms with Crippen LogP contribution in [0.4, 0.5) is 0 Å². The lowest BCUT2D eigenvalue weighted by Crippen LogP contribution is -2.05. The van der Waals surface area contributed by atoms with Gasteiger partial charge in [0.2, 0.25) is 0 Å². The fourth-order valence-electron chi connectivity index (χ4n) is 2.54. The van der Waals surface area contributed by atoms with Crippen LogP contribution in [0.2, 0.25) is 4.34 Å². The molecule has 16 heavy (non-hydrogen) atoms. The molecule has 1 heterocycles. The largest absolute Gasteiger partial charge is 0.388 e. The van der Waals surface area contributed by atoms with Crippen molar-refractivity contribution >= 4 is 22.9 Å². The van der Waals surface area contributed by atoms with E-state index in [1.807, 2.05) is 12.1 Å². The van der Waals surface area contributed by atoms with Gasteiger partial charge in [0.1, 0.15) is 0 Å². The van der Waals surface area contributed by atoms with Crippen molar-refractivity contribution in [2.24, 2.45) is 5.92 Å². The highest BCUT2D eigenvalue weighted by Crippen LogP contribution is 2.34. The fourth-order valence-corrected chi connectivity index (χ4v) is 3.60. The van der Waals surface area contributed by atoms with Gasteiger partial charge in [-0.2, -0.15) is 0 Å². The van der Waals surface area contributed by atoms with Crippen molar-refractivity contribution in [1.29, 1.82) is 0 Å². The Balaban J connectivity index is 1.88. The molecule has 1 atom stereocenters. The van der Waals surface area contributed by atoms with Gasteiger partial charge in [-0.25, -0.2) is 0 Å². The Morgan fingerprint density at radius 2 is 1.94 bits per heavy atom. The Labute approximate surface area is 106 Å². The molecule has 1 aromatic heterocycles. The van der Waals surface area contributed by atoms with Gasteiger partial charge >= 0.3 is 0 Å². The average Bonchev–Trinajstić information content (AvgIpc) is 2.54. The Morgan fingerprint density at radius 1 is 1.25 bits per heavy atom. The first-order valence-electron chi connectivity index (χ1n) is 6.19. The maximum Gasteiger partial charge on any atom is 0.0932 e. The first kappa shape index (κ1) is 12.4. The molecule has 0 bridgehead atoms. The van der Waals surface area contributed by atoms with Crippen LogP contribution in [0.15, 0.2) is 12.1 Å². The molecule has 3 heteroatoms. The summed E-state index contributed by atoms with van der Waals surface area (Å²) in [6.45, 7) is 0. The summed E-state index contributed by atoms with van der Waals surface area (Å²) in [6.07, 6.45) is 8.60. The van der Waals surface area contributed by atoms with E-state index in [1.165, 1.54) is 49.9 Å². The quantitative estimate of drug-likeness (QED) is 0.773. The molecule has 90 valence electrons. The smallest absolute Gasteiger partial charge is 0.0932 e. The van der Waals surface area contributed by atoms with Crippen LogP contribution >= 0.6 is 22.9 Å². The highest BCUT2D eigenvalue weighted by Gasteiger charge is 2.18. The molecular weight excluding hydrogens is 240 g/mol. The van der Waals surface area contributed by atoms with Crippen LogP contribution in [0.5, 0.6) is 0 Å². The topological polar surface area (TPSA) is 20.2 Å². The Hall–Kier alpha value is -0.0500. The zero-order valence-corrected chi connectivity index (χ0v) is 11.1. The van der Waals surface area contributed by atoms with Gasteiger partial charge in [-0.3, -0.25) is 0 Å². The van der Waals surface area contributed by atoms with Gasteiger partial charge in [-0.05, 0) is 24.5 Å². The highest BCUT2D eigenvalue weighted by atomic mass is 35.5. The van der Waals surface area contributed by atoms with Gasteiger partial charge in [0, 0.05) is 4.88 Å². The van der Waals surface area contributed by atoms with Crippen molar-refractivity contribution in [2.45, 2.75) is 51.0 Å². The number of hydrogen-bond acceptors (Lipinski definition) is 2. The third-order valence-electron chi connectivity index (χ3n) is 3.45. The van der Waals surface area contributed by atoms with Crippen LogP contribution in [0.25, 0.3) is 0 Å². The van der Waals surface area contributed by atoms with E-state index >= 15 is 0 Å². The van der Waals surface area contributed by atoms with Crippen LogP contribution < -0.4 is 0 Å². The molecule has 0 radical (unpaired) electrons. The van der Waals surface area contributed by atoms with Crippen molar-refractivity contribution in [3.05, 3.63) is 21.3 Å². The van der Waals surface area contributed by atoms with E-state index in [9.17, 15) is 5.11 Å². The summed E-state index contributed by atoms with van der Waals surface area (Å²) in [5, 5.41) is 10.1. The molecule has 1 N–H and O–H groups in total. The maximum atomic E-state index is 10.1. The maximum absolute atomic E-state index is 10.1. The number of hydrogen-bond donors (Lipinski definition) is 1. The molecule has 0 spiro atoms. The normalized spacial score (nSPS) is 20.6. The third kappa shape index (κ3) is 3.47. The number of rotatable bonds is 3. The molecular formula is C13H19ClOS. The van der Waals surface area contributed by atoms with E-state index < -0.39 is 0 Å². The lowest BCUT2D eigenvalue weighted by atomic mass is 9.93. The van der Waals surface area contributed by atoms with Crippen molar-refractivity contribution in [3.63, 3.8) is 0 Å². The van der Waals surface area contributed by atoms with Gasteiger partial charge in [0.05, 0.1) is 10.4 Å². The van der Waals surface area contributed by atoms with E-state index in [4.69, 9.17) is 11.6 Å². The fraction of sp³-hybridized carbons (Fsp3) is 0.692. The molecule has 1 saturated carbocycles. The summed E-state index contributed by atoms with van der Waals surface area (Å²) in [7, 11) is 0. The number of aliphatic hydroxyl groups excluding tert-OH is 1. The minimum Gasteiger partial charge on any atom is -0.388 e. The predicted octanol–water partition coefficient (Wildman–Crippen LogP) is 4.80. The third-order valence-corrected chi connectivity index (χ3v) is 4.79. The number of aliphatic hydroxyl groups is 1. The van der Waals surface area contributed by atoms with Crippen molar-refractivity contribution in [1.82, 2.24) is 0 Å². The minimum absolute atomic E-state index is 0.305. The predicted molar refractivity (Wildman–Crippen MR) is 70.1 cm³/mol. The van der Waals surface area contributed by atoms with E-state index in [0.717, 1.165) is 15.6 Å². The summed E-state index contributed by atoms with van der Waals surface area (Å²) < 4.78 is 0.773. The Morgan fingerprint density at radius 3 is 2.50 bits per heavy atom. The van der Waals surface area contributed by atoms with Crippen molar-refractivity contribution in [3.8, 4) is 0 Å². The van der Waals surface area contributed by atoms with Crippen LogP contribution in [-0.4, -0.2) is 5.11 Å². The van der Waals surface area contributed by atoms with E-state index in [-0.39, 0.29) is 6.10 Å². The molecule has 1 aliphatic carbocycles. The van der Waals surface area contributed by atoms with Gasteiger partial charge in [0.25, 0.3) is 0 Å². The van der Waals surface area contributed by atoms with E-state index in [0.29, 0.717) is 5.92 Å². The van der Waals surface area contributed by atoms with Gasteiger partial charge in [-0.15, -0.1) is 11.3 Å². The molecule has 0 amide bonds.